The fourth-order valence-electron chi connectivity index (χ4n) is 2.15. The van der Waals surface area contributed by atoms with Gasteiger partial charge < -0.3 is 5.73 Å². The Balaban J connectivity index is 1.94. The Bertz CT molecular complexity index is 215. The van der Waals surface area contributed by atoms with Crippen LogP contribution in [-0.2, 0) is 0 Å². The van der Waals surface area contributed by atoms with Crippen LogP contribution in [0.2, 0.25) is 0 Å². The molecule has 2 nitrogen and oxygen atoms in total. The molecule has 0 aromatic rings. The van der Waals surface area contributed by atoms with Gasteiger partial charge in [-0.15, -0.1) is 11.8 Å². The van der Waals surface area contributed by atoms with E-state index in [4.69, 9.17) is 10.7 Å². The highest BCUT2D eigenvalue weighted by Crippen LogP contribution is 2.37. The van der Waals surface area contributed by atoms with E-state index in [1.54, 1.807) is 0 Å². The zero-order valence-corrected chi connectivity index (χ0v) is 9.02. The predicted molar refractivity (Wildman–Crippen MR) is 59.3 cm³/mol. The number of aliphatic imine (C=N–C) groups is 1. The van der Waals surface area contributed by atoms with Gasteiger partial charge in [0, 0.05) is 11.3 Å². The van der Waals surface area contributed by atoms with Crippen LogP contribution in [0.25, 0.3) is 0 Å². The quantitative estimate of drug-likeness (QED) is 0.738. The highest BCUT2D eigenvalue weighted by molar-refractivity contribution is 8.14. The minimum Gasteiger partial charge on any atom is -0.328 e. The smallest absolute Gasteiger partial charge is 0.0683 e. The molecular formula is C10H18N2S. The third-order valence-electron chi connectivity index (χ3n) is 2.86. The number of thioether (sulfide) groups is 1. The second-order valence-corrected chi connectivity index (χ2v) is 5.38. The zero-order valence-electron chi connectivity index (χ0n) is 8.20. The van der Waals surface area contributed by atoms with Crippen molar-refractivity contribution >= 4 is 16.8 Å². The van der Waals surface area contributed by atoms with E-state index in [0.29, 0.717) is 17.3 Å². The largest absolute Gasteiger partial charge is 0.328 e. The van der Waals surface area contributed by atoms with Gasteiger partial charge in [-0.25, -0.2) is 0 Å². The molecule has 0 radical (unpaired) electrons. The molecular weight excluding hydrogens is 180 g/mol. The molecule has 1 aliphatic carbocycles. The molecule has 0 saturated heterocycles. The van der Waals surface area contributed by atoms with Crippen molar-refractivity contribution in [3.63, 3.8) is 0 Å². The molecule has 0 aromatic heterocycles. The monoisotopic (exact) mass is 198 g/mol. The Morgan fingerprint density at radius 2 is 2.38 bits per heavy atom. The van der Waals surface area contributed by atoms with Crippen molar-refractivity contribution in [3.8, 4) is 0 Å². The van der Waals surface area contributed by atoms with E-state index in [2.05, 4.69) is 6.92 Å². The number of fused-ring (bicyclic) bond motifs is 1. The SMILES string of the molecule is CCCC1=NC2CCC(N)CC2S1. The van der Waals surface area contributed by atoms with E-state index in [0.717, 1.165) is 0 Å². The molecule has 74 valence electrons. The third-order valence-corrected chi connectivity index (χ3v) is 4.25. The van der Waals surface area contributed by atoms with Crippen LogP contribution in [-0.4, -0.2) is 22.4 Å². The molecule has 0 amide bonds. The molecule has 0 bridgehead atoms. The van der Waals surface area contributed by atoms with E-state index in [9.17, 15) is 0 Å². The maximum Gasteiger partial charge on any atom is 0.0683 e. The van der Waals surface area contributed by atoms with Crippen LogP contribution in [0.15, 0.2) is 4.99 Å². The van der Waals surface area contributed by atoms with Crippen LogP contribution < -0.4 is 5.73 Å². The molecule has 3 heteroatoms. The van der Waals surface area contributed by atoms with Gasteiger partial charge in [0.15, 0.2) is 0 Å². The van der Waals surface area contributed by atoms with Crippen LogP contribution in [0.4, 0.5) is 0 Å². The lowest BCUT2D eigenvalue weighted by Gasteiger charge is -2.27. The Hall–Kier alpha value is -0.0200. The van der Waals surface area contributed by atoms with E-state index >= 15 is 0 Å². The molecule has 1 fully saturated rings. The zero-order chi connectivity index (χ0) is 9.26. The first kappa shape index (κ1) is 9.53. The summed E-state index contributed by atoms with van der Waals surface area (Å²) in [7, 11) is 0. The lowest BCUT2D eigenvalue weighted by molar-refractivity contribution is 0.411. The molecule has 2 N–H and O–H groups in total. The fourth-order valence-corrected chi connectivity index (χ4v) is 3.71. The van der Waals surface area contributed by atoms with Gasteiger partial charge in [-0.2, -0.15) is 0 Å². The van der Waals surface area contributed by atoms with Gasteiger partial charge in [0.25, 0.3) is 0 Å². The summed E-state index contributed by atoms with van der Waals surface area (Å²) in [6, 6.07) is 1.04. The summed E-state index contributed by atoms with van der Waals surface area (Å²) in [6.07, 6.45) is 5.95. The van der Waals surface area contributed by atoms with Gasteiger partial charge in [-0.1, -0.05) is 13.3 Å². The number of nitrogens with two attached hydrogens (primary N) is 1. The lowest BCUT2D eigenvalue weighted by atomic mass is 9.92. The van der Waals surface area contributed by atoms with Crippen molar-refractivity contribution in [1.82, 2.24) is 0 Å². The molecule has 1 heterocycles. The fraction of sp³-hybridized carbons (Fsp3) is 0.900. The Morgan fingerprint density at radius 1 is 1.54 bits per heavy atom. The van der Waals surface area contributed by atoms with Gasteiger partial charge in [0.05, 0.1) is 11.1 Å². The minimum atomic E-state index is 0.435. The normalized spacial score (nSPS) is 38.6. The van der Waals surface area contributed by atoms with Crippen LogP contribution in [0, 0.1) is 0 Å². The second-order valence-electron chi connectivity index (χ2n) is 4.07. The van der Waals surface area contributed by atoms with E-state index in [-0.39, 0.29) is 0 Å². The van der Waals surface area contributed by atoms with Crippen LogP contribution in [0.3, 0.4) is 0 Å². The summed E-state index contributed by atoms with van der Waals surface area (Å²) >= 11 is 1.99. The Labute approximate surface area is 84.4 Å². The Morgan fingerprint density at radius 3 is 3.15 bits per heavy atom. The summed E-state index contributed by atoms with van der Waals surface area (Å²) in [5.74, 6) is 0. The second kappa shape index (κ2) is 4.01. The average Bonchev–Trinajstić information content (AvgIpc) is 2.46. The highest BCUT2D eigenvalue weighted by Gasteiger charge is 2.34. The predicted octanol–water partition coefficient (Wildman–Crippen LogP) is 2.18. The summed E-state index contributed by atoms with van der Waals surface area (Å²) in [5.41, 5.74) is 5.95. The van der Waals surface area contributed by atoms with Crippen molar-refractivity contribution < 1.29 is 0 Å². The molecule has 3 unspecified atom stereocenters. The average molecular weight is 198 g/mol. The van der Waals surface area contributed by atoms with Crippen molar-refractivity contribution in [1.29, 1.82) is 0 Å². The maximum absolute atomic E-state index is 5.95. The number of hydrogen-bond donors (Lipinski definition) is 1. The molecule has 2 aliphatic rings. The number of hydrogen-bond acceptors (Lipinski definition) is 3. The van der Waals surface area contributed by atoms with Crippen LogP contribution in [0.1, 0.15) is 39.0 Å². The van der Waals surface area contributed by atoms with Crippen LogP contribution >= 0.6 is 11.8 Å². The van der Waals surface area contributed by atoms with Crippen LogP contribution in [0.5, 0.6) is 0 Å². The Kier molecular flexibility index (Phi) is 2.94. The van der Waals surface area contributed by atoms with Crippen molar-refractivity contribution in [2.24, 2.45) is 10.7 Å². The summed E-state index contributed by atoms with van der Waals surface area (Å²) in [5, 5.41) is 2.09. The van der Waals surface area contributed by atoms with E-state index in [1.807, 2.05) is 11.8 Å². The van der Waals surface area contributed by atoms with Gasteiger partial charge >= 0.3 is 0 Å². The van der Waals surface area contributed by atoms with E-state index in [1.165, 1.54) is 37.1 Å². The first-order valence-electron chi connectivity index (χ1n) is 5.28. The molecule has 3 atom stereocenters. The lowest BCUT2D eigenvalue weighted by Crippen LogP contribution is -2.35. The third kappa shape index (κ3) is 2.08. The molecule has 13 heavy (non-hydrogen) atoms. The molecule has 0 spiro atoms. The summed E-state index contributed by atoms with van der Waals surface area (Å²) in [4.78, 5) is 4.76. The minimum absolute atomic E-state index is 0.435. The maximum atomic E-state index is 5.95. The van der Waals surface area contributed by atoms with Gasteiger partial charge in [0.1, 0.15) is 0 Å². The van der Waals surface area contributed by atoms with Crippen molar-refractivity contribution in [2.75, 3.05) is 0 Å². The van der Waals surface area contributed by atoms with E-state index < -0.39 is 0 Å². The molecule has 1 aliphatic heterocycles. The highest BCUT2D eigenvalue weighted by atomic mass is 32.2. The first-order valence-corrected chi connectivity index (χ1v) is 6.16. The van der Waals surface area contributed by atoms with Gasteiger partial charge in [0.2, 0.25) is 0 Å². The molecule has 2 rings (SSSR count). The van der Waals surface area contributed by atoms with Gasteiger partial charge in [-0.05, 0) is 25.7 Å². The number of nitrogens with zero attached hydrogens (tertiary/aromatic N) is 1. The van der Waals surface area contributed by atoms with Crippen molar-refractivity contribution in [2.45, 2.75) is 56.4 Å². The summed E-state index contributed by atoms with van der Waals surface area (Å²) in [6.45, 7) is 2.22. The first-order chi connectivity index (χ1) is 6.29. The van der Waals surface area contributed by atoms with Crippen molar-refractivity contribution in [3.05, 3.63) is 0 Å². The summed E-state index contributed by atoms with van der Waals surface area (Å²) < 4.78 is 0. The standard InChI is InChI=1S/C10H18N2S/c1-2-3-10-12-8-5-4-7(11)6-9(8)13-10/h7-9H,2-6,11H2,1H3. The number of rotatable bonds is 2. The molecule has 1 saturated carbocycles. The topological polar surface area (TPSA) is 38.4 Å². The van der Waals surface area contributed by atoms with Gasteiger partial charge in [-0.3, -0.25) is 4.99 Å². The molecule has 0 aromatic carbocycles.